The van der Waals surface area contributed by atoms with E-state index in [0.29, 0.717) is 18.7 Å². The van der Waals surface area contributed by atoms with Crippen LogP contribution in [0.5, 0.6) is 0 Å². The van der Waals surface area contributed by atoms with Crippen LogP contribution in [0.2, 0.25) is 0 Å². The number of carboxylic acids is 1. The summed E-state index contributed by atoms with van der Waals surface area (Å²) < 4.78 is 1.70. The molecular formula is C17H20N4O3. The van der Waals surface area contributed by atoms with Crippen LogP contribution in [0.3, 0.4) is 0 Å². The van der Waals surface area contributed by atoms with Gasteiger partial charge in [-0.3, -0.25) is 9.59 Å². The normalized spacial score (nSPS) is 20.3. The van der Waals surface area contributed by atoms with Gasteiger partial charge in [-0.1, -0.05) is 23.4 Å². The van der Waals surface area contributed by atoms with Crippen molar-refractivity contribution in [3.05, 3.63) is 41.7 Å². The Kier molecular flexibility index (Phi) is 4.33. The number of hydrogen-bond donors (Lipinski definition) is 1. The Balaban J connectivity index is 1.74. The third-order valence-electron chi connectivity index (χ3n) is 4.70. The Hall–Kier alpha value is -2.70. The van der Waals surface area contributed by atoms with E-state index in [9.17, 15) is 14.7 Å². The van der Waals surface area contributed by atoms with E-state index >= 15 is 0 Å². The van der Waals surface area contributed by atoms with Crippen molar-refractivity contribution in [2.24, 2.45) is 5.92 Å². The van der Waals surface area contributed by atoms with Gasteiger partial charge in [0.25, 0.3) is 0 Å². The number of amides is 1. The first-order valence-electron chi connectivity index (χ1n) is 7.98. The average Bonchev–Trinajstić information content (AvgIpc) is 3.12. The Morgan fingerprint density at radius 2 is 2.00 bits per heavy atom. The number of nitrogens with zero attached hydrogens (tertiary/aromatic N) is 4. The number of carboxylic acid groups (broad SMARTS) is 1. The first kappa shape index (κ1) is 16.2. The predicted molar refractivity (Wildman–Crippen MR) is 86.7 cm³/mol. The molecule has 1 aromatic carbocycles. The van der Waals surface area contributed by atoms with Gasteiger partial charge in [-0.25, -0.2) is 4.68 Å². The van der Waals surface area contributed by atoms with Crippen LogP contribution in [0.4, 0.5) is 0 Å². The Morgan fingerprint density at radius 1 is 1.29 bits per heavy atom. The highest BCUT2D eigenvalue weighted by Gasteiger charge is 2.38. The van der Waals surface area contributed by atoms with Gasteiger partial charge >= 0.3 is 5.97 Å². The largest absolute Gasteiger partial charge is 0.481 e. The molecule has 0 radical (unpaired) electrons. The third-order valence-corrected chi connectivity index (χ3v) is 4.70. The summed E-state index contributed by atoms with van der Waals surface area (Å²) in [6, 6.07) is 9.31. The second kappa shape index (κ2) is 6.43. The van der Waals surface area contributed by atoms with E-state index in [1.54, 1.807) is 16.5 Å². The smallest absolute Gasteiger partial charge is 0.308 e. The Labute approximate surface area is 139 Å². The van der Waals surface area contributed by atoms with E-state index in [4.69, 9.17) is 0 Å². The van der Waals surface area contributed by atoms with Crippen LogP contribution in [-0.2, 0) is 16.0 Å². The quantitative estimate of drug-likeness (QED) is 0.917. The standard InChI is InChI=1S/C17H20N4O3/c1-11-14(17(23)24)8-9-20(11)16(22)10-15-12(2)21(19-18-15)13-6-4-3-5-7-13/h3-7,11,14H,8-10H2,1-2H3,(H,23,24). The zero-order valence-corrected chi connectivity index (χ0v) is 13.7. The van der Waals surface area contributed by atoms with Gasteiger partial charge in [0.05, 0.1) is 29.4 Å². The van der Waals surface area contributed by atoms with Crippen LogP contribution in [0.15, 0.2) is 30.3 Å². The topological polar surface area (TPSA) is 88.3 Å². The van der Waals surface area contributed by atoms with E-state index in [0.717, 1.165) is 11.4 Å². The number of likely N-dealkylation sites (tertiary alicyclic amines) is 1. The molecule has 1 aromatic heterocycles. The lowest BCUT2D eigenvalue weighted by Gasteiger charge is -2.23. The summed E-state index contributed by atoms with van der Waals surface area (Å²) in [6.45, 7) is 4.14. The molecule has 126 valence electrons. The van der Waals surface area contributed by atoms with Crippen LogP contribution in [0.1, 0.15) is 24.7 Å². The molecule has 1 amide bonds. The maximum Gasteiger partial charge on any atom is 0.308 e. The summed E-state index contributed by atoms with van der Waals surface area (Å²) in [5.41, 5.74) is 2.33. The van der Waals surface area contributed by atoms with Crippen LogP contribution in [0, 0.1) is 12.8 Å². The highest BCUT2D eigenvalue weighted by Crippen LogP contribution is 2.25. The van der Waals surface area contributed by atoms with Crippen molar-refractivity contribution in [1.82, 2.24) is 19.9 Å². The van der Waals surface area contributed by atoms with Crippen LogP contribution in [0.25, 0.3) is 5.69 Å². The number of aromatic nitrogens is 3. The van der Waals surface area contributed by atoms with E-state index in [-0.39, 0.29) is 18.4 Å². The second-order valence-electron chi connectivity index (χ2n) is 6.11. The molecule has 1 aliphatic heterocycles. The monoisotopic (exact) mass is 328 g/mol. The molecule has 7 nitrogen and oxygen atoms in total. The molecule has 2 heterocycles. The zero-order chi connectivity index (χ0) is 17.3. The molecule has 1 saturated heterocycles. The predicted octanol–water partition coefficient (Wildman–Crippen LogP) is 1.44. The Bertz CT molecular complexity index is 756. The van der Waals surface area contributed by atoms with Crippen LogP contribution >= 0.6 is 0 Å². The van der Waals surface area contributed by atoms with Crippen molar-refractivity contribution in [3.63, 3.8) is 0 Å². The van der Waals surface area contributed by atoms with Crippen LogP contribution < -0.4 is 0 Å². The van der Waals surface area contributed by atoms with Crippen molar-refractivity contribution in [1.29, 1.82) is 0 Å². The molecule has 0 aliphatic carbocycles. The molecule has 7 heteroatoms. The molecule has 2 aromatic rings. The first-order chi connectivity index (χ1) is 11.5. The fourth-order valence-corrected chi connectivity index (χ4v) is 3.20. The summed E-state index contributed by atoms with van der Waals surface area (Å²) in [7, 11) is 0. The van der Waals surface area contributed by atoms with E-state index in [2.05, 4.69) is 10.3 Å². The first-order valence-corrected chi connectivity index (χ1v) is 7.98. The second-order valence-corrected chi connectivity index (χ2v) is 6.11. The molecule has 0 bridgehead atoms. The number of carbonyl (C=O) groups is 2. The summed E-state index contributed by atoms with van der Waals surface area (Å²) in [5, 5.41) is 17.4. The van der Waals surface area contributed by atoms with Gasteiger partial charge in [0.15, 0.2) is 0 Å². The fraction of sp³-hybridized carbons (Fsp3) is 0.412. The fourth-order valence-electron chi connectivity index (χ4n) is 3.20. The molecule has 1 fully saturated rings. The molecule has 1 N–H and O–H groups in total. The van der Waals surface area contributed by atoms with Gasteiger partial charge in [-0.05, 0) is 32.4 Å². The van der Waals surface area contributed by atoms with Crippen molar-refractivity contribution < 1.29 is 14.7 Å². The van der Waals surface area contributed by atoms with Gasteiger partial charge in [0.1, 0.15) is 0 Å². The van der Waals surface area contributed by atoms with Crippen molar-refractivity contribution in [3.8, 4) is 5.69 Å². The van der Waals surface area contributed by atoms with E-state index in [1.165, 1.54) is 0 Å². The highest BCUT2D eigenvalue weighted by atomic mass is 16.4. The molecule has 24 heavy (non-hydrogen) atoms. The maximum absolute atomic E-state index is 12.5. The van der Waals surface area contributed by atoms with Crippen molar-refractivity contribution in [2.75, 3.05) is 6.54 Å². The summed E-state index contributed by atoms with van der Waals surface area (Å²) in [4.78, 5) is 25.4. The number of rotatable bonds is 4. The number of carbonyl (C=O) groups excluding carboxylic acids is 1. The number of para-hydroxylation sites is 1. The molecular weight excluding hydrogens is 308 g/mol. The molecule has 2 unspecified atom stereocenters. The minimum Gasteiger partial charge on any atom is -0.481 e. The van der Waals surface area contributed by atoms with Gasteiger partial charge < -0.3 is 10.0 Å². The molecule has 0 spiro atoms. The lowest BCUT2D eigenvalue weighted by Crippen LogP contribution is -2.38. The summed E-state index contributed by atoms with van der Waals surface area (Å²) in [5.74, 6) is -1.44. The zero-order valence-electron chi connectivity index (χ0n) is 13.7. The lowest BCUT2D eigenvalue weighted by atomic mass is 10.0. The third kappa shape index (κ3) is 2.89. The maximum atomic E-state index is 12.5. The average molecular weight is 328 g/mol. The van der Waals surface area contributed by atoms with E-state index < -0.39 is 11.9 Å². The Morgan fingerprint density at radius 3 is 2.62 bits per heavy atom. The number of benzene rings is 1. The SMILES string of the molecule is Cc1c(CC(=O)N2CCC(C(=O)O)C2C)nnn1-c1ccccc1. The van der Waals surface area contributed by atoms with E-state index in [1.807, 2.05) is 37.3 Å². The molecule has 0 saturated carbocycles. The van der Waals surface area contributed by atoms with Gasteiger partial charge in [0.2, 0.25) is 5.91 Å². The highest BCUT2D eigenvalue weighted by molar-refractivity contribution is 5.81. The lowest BCUT2D eigenvalue weighted by molar-refractivity contribution is -0.143. The minimum atomic E-state index is -0.844. The number of hydrogen-bond acceptors (Lipinski definition) is 4. The number of aliphatic carboxylic acids is 1. The summed E-state index contributed by atoms with van der Waals surface area (Å²) in [6.07, 6.45) is 0.632. The summed E-state index contributed by atoms with van der Waals surface area (Å²) >= 11 is 0. The van der Waals surface area contributed by atoms with Gasteiger partial charge in [-0.15, -0.1) is 5.10 Å². The van der Waals surface area contributed by atoms with Crippen LogP contribution in [-0.4, -0.2) is 49.5 Å². The van der Waals surface area contributed by atoms with Gasteiger partial charge in [-0.2, -0.15) is 0 Å². The van der Waals surface area contributed by atoms with Crippen molar-refractivity contribution >= 4 is 11.9 Å². The molecule has 3 rings (SSSR count). The minimum absolute atomic E-state index is 0.102. The molecule has 1 aliphatic rings. The van der Waals surface area contributed by atoms with Gasteiger partial charge in [0, 0.05) is 12.6 Å². The molecule has 2 atom stereocenters. The van der Waals surface area contributed by atoms with Crippen molar-refractivity contribution in [2.45, 2.75) is 32.7 Å².